The van der Waals surface area contributed by atoms with Gasteiger partial charge in [-0.25, -0.2) is 22.7 Å². The molecule has 26 heavy (non-hydrogen) atoms. The lowest BCUT2D eigenvalue weighted by Crippen LogP contribution is -2.42. The van der Waals surface area contributed by atoms with Crippen molar-refractivity contribution in [2.75, 3.05) is 33.9 Å². The summed E-state index contributed by atoms with van der Waals surface area (Å²) in [6.45, 7) is 3.97. The van der Waals surface area contributed by atoms with E-state index in [4.69, 9.17) is 0 Å². The summed E-state index contributed by atoms with van der Waals surface area (Å²) in [5.74, 6) is -1.48. The molecule has 1 aromatic rings. The molecule has 144 valence electrons. The van der Waals surface area contributed by atoms with Crippen molar-refractivity contribution in [3.05, 3.63) is 29.3 Å². The Labute approximate surface area is 153 Å². The van der Waals surface area contributed by atoms with Gasteiger partial charge in [-0.3, -0.25) is 0 Å². The Kier molecular flexibility index (Phi) is 6.38. The van der Waals surface area contributed by atoms with Gasteiger partial charge in [0.1, 0.15) is 0 Å². The lowest BCUT2D eigenvalue weighted by molar-refractivity contribution is 0.0598. The maximum atomic E-state index is 12.7. The number of rotatable bonds is 6. The van der Waals surface area contributed by atoms with E-state index in [1.807, 2.05) is 6.92 Å². The van der Waals surface area contributed by atoms with Gasteiger partial charge in [-0.2, -0.15) is 0 Å². The van der Waals surface area contributed by atoms with Gasteiger partial charge in [-0.05, 0) is 49.5 Å². The van der Waals surface area contributed by atoms with Gasteiger partial charge in [0.25, 0.3) is 0 Å². The van der Waals surface area contributed by atoms with Crippen molar-refractivity contribution in [1.29, 1.82) is 0 Å². The molecule has 1 fully saturated rings. The fourth-order valence-electron chi connectivity index (χ4n) is 2.79. The second kappa shape index (κ2) is 8.15. The summed E-state index contributed by atoms with van der Waals surface area (Å²) in [4.78, 5) is 23.4. The third kappa shape index (κ3) is 4.80. The Morgan fingerprint density at radius 3 is 2.04 bits per heavy atom. The third-order valence-corrected chi connectivity index (χ3v) is 5.94. The van der Waals surface area contributed by atoms with Crippen LogP contribution in [0.4, 0.5) is 0 Å². The van der Waals surface area contributed by atoms with Gasteiger partial charge in [-0.1, -0.05) is 6.92 Å². The van der Waals surface area contributed by atoms with Gasteiger partial charge in [0.05, 0.1) is 30.2 Å². The molecule has 0 bridgehead atoms. The highest BCUT2D eigenvalue weighted by atomic mass is 32.2. The van der Waals surface area contributed by atoms with Crippen molar-refractivity contribution in [3.8, 4) is 0 Å². The molecule has 0 aliphatic carbocycles. The molecular weight excluding hydrogens is 360 g/mol. The van der Waals surface area contributed by atoms with Crippen LogP contribution in [0.5, 0.6) is 0 Å². The quantitative estimate of drug-likeness (QED) is 0.702. The highest BCUT2D eigenvalue weighted by Gasteiger charge is 2.29. The van der Waals surface area contributed by atoms with E-state index in [1.165, 1.54) is 32.4 Å². The molecule has 9 heteroatoms. The van der Waals surface area contributed by atoms with E-state index in [2.05, 4.69) is 19.5 Å². The topological polar surface area (TPSA) is 111 Å². The Hall–Kier alpha value is -1.97. The van der Waals surface area contributed by atoms with E-state index < -0.39 is 22.0 Å². The first kappa shape index (κ1) is 20.3. The van der Waals surface area contributed by atoms with Crippen LogP contribution in [0.2, 0.25) is 0 Å². The smallest absolute Gasteiger partial charge is 0.337 e. The van der Waals surface area contributed by atoms with E-state index in [0.29, 0.717) is 0 Å². The first-order chi connectivity index (χ1) is 12.2. The monoisotopic (exact) mass is 384 g/mol. The predicted octanol–water partition coefficient (Wildman–Crippen LogP) is 0.928. The average Bonchev–Trinajstić information content (AvgIpc) is 2.65. The first-order valence-corrected chi connectivity index (χ1v) is 9.71. The molecule has 0 saturated carbocycles. The van der Waals surface area contributed by atoms with Gasteiger partial charge in [0, 0.05) is 6.54 Å². The molecule has 1 heterocycles. The summed E-state index contributed by atoms with van der Waals surface area (Å²) in [6, 6.07) is 3.61. The fourth-order valence-corrected chi connectivity index (χ4v) is 4.05. The molecule has 0 amide bonds. The van der Waals surface area contributed by atoms with E-state index in [0.717, 1.165) is 25.9 Å². The molecule has 1 saturated heterocycles. The lowest BCUT2D eigenvalue weighted by atomic mass is 9.81. The van der Waals surface area contributed by atoms with Crippen LogP contribution in [0, 0.1) is 5.41 Å². The summed E-state index contributed by atoms with van der Waals surface area (Å²) in [6.07, 6.45) is 1.70. The zero-order valence-corrected chi connectivity index (χ0v) is 15.9. The van der Waals surface area contributed by atoms with Crippen molar-refractivity contribution in [3.63, 3.8) is 0 Å². The van der Waals surface area contributed by atoms with Gasteiger partial charge in [0.2, 0.25) is 10.0 Å². The molecule has 8 nitrogen and oxygen atoms in total. The summed E-state index contributed by atoms with van der Waals surface area (Å²) in [5, 5.41) is 3.24. The van der Waals surface area contributed by atoms with Crippen molar-refractivity contribution in [1.82, 2.24) is 10.0 Å². The summed E-state index contributed by atoms with van der Waals surface area (Å²) in [7, 11) is -1.56. The van der Waals surface area contributed by atoms with E-state index >= 15 is 0 Å². The normalized spacial score (nSPS) is 16.7. The minimum absolute atomic E-state index is 0.0381. The van der Waals surface area contributed by atoms with Crippen molar-refractivity contribution in [2.24, 2.45) is 5.41 Å². The largest absolute Gasteiger partial charge is 0.465 e. The zero-order chi connectivity index (χ0) is 19.4. The molecule has 0 aromatic heterocycles. The maximum Gasteiger partial charge on any atom is 0.337 e. The predicted molar refractivity (Wildman–Crippen MR) is 94.5 cm³/mol. The number of piperidine rings is 1. The van der Waals surface area contributed by atoms with Crippen molar-refractivity contribution in [2.45, 2.75) is 24.7 Å². The number of esters is 2. The summed E-state index contributed by atoms with van der Waals surface area (Å²) < 4.78 is 37.3. The van der Waals surface area contributed by atoms with Gasteiger partial charge in [0.15, 0.2) is 0 Å². The first-order valence-electron chi connectivity index (χ1n) is 8.23. The van der Waals surface area contributed by atoms with Crippen LogP contribution in [0.15, 0.2) is 23.1 Å². The van der Waals surface area contributed by atoms with E-state index in [-0.39, 0.29) is 28.0 Å². The fraction of sp³-hybridized carbons (Fsp3) is 0.529. The van der Waals surface area contributed by atoms with Crippen LogP contribution in [0.1, 0.15) is 40.5 Å². The van der Waals surface area contributed by atoms with Crippen LogP contribution >= 0.6 is 0 Å². The average molecular weight is 384 g/mol. The number of nitrogens with one attached hydrogen (secondary N) is 2. The van der Waals surface area contributed by atoms with Crippen LogP contribution in [0.25, 0.3) is 0 Å². The van der Waals surface area contributed by atoms with Crippen LogP contribution in [-0.2, 0) is 19.5 Å². The number of carbonyl (C=O) groups excluding carboxylic acids is 2. The molecule has 1 aromatic carbocycles. The number of carbonyl (C=O) groups is 2. The molecular formula is C17H24N2O6S. The maximum absolute atomic E-state index is 12.7. The van der Waals surface area contributed by atoms with Crippen LogP contribution < -0.4 is 10.0 Å². The molecule has 2 N–H and O–H groups in total. The number of hydrogen-bond acceptors (Lipinski definition) is 7. The SMILES string of the molecule is COC(=O)c1cc(C(=O)OC)cc(S(=O)(=O)NCC2(C)CCNCC2)c1. The Morgan fingerprint density at radius 2 is 1.58 bits per heavy atom. The zero-order valence-electron chi connectivity index (χ0n) is 15.1. The highest BCUT2D eigenvalue weighted by Crippen LogP contribution is 2.27. The van der Waals surface area contributed by atoms with Gasteiger partial charge < -0.3 is 14.8 Å². The minimum Gasteiger partial charge on any atom is -0.465 e. The minimum atomic E-state index is -3.91. The number of methoxy groups -OCH3 is 2. The van der Waals surface area contributed by atoms with Crippen LogP contribution in [-0.4, -0.2) is 54.2 Å². The third-order valence-electron chi connectivity index (χ3n) is 4.56. The molecule has 0 spiro atoms. The molecule has 1 aliphatic rings. The molecule has 2 rings (SSSR count). The van der Waals surface area contributed by atoms with Crippen LogP contribution in [0.3, 0.4) is 0 Å². The molecule has 0 atom stereocenters. The number of benzene rings is 1. The van der Waals surface area contributed by atoms with Crippen molar-refractivity contribution < 1.29 is 27.5 Å². The Balaban J connectivity index is 2.31. The highest BCUT2D eigenvalue weighted by molar-refractivity contribution is 7.89. The Bertz CT molecular complexity index is 750. The number of ether oxygens (including phenoxy) is 2. The number of hydrogen-bond donors (Lipinski definition) is 2. The van der Waals surface area contributed by atoms with Gasteiger partial charge >= 0.3 is 11.9 Å². The molecule has 0 radical (unpaired) electrons. The summed E-state index contributed by atoms with van der Waals surface area (Å²) >= 11 is 0. The number of sulfonamides is 1. The molecule has 0 unspecified atom stereocenters. The lowest BCUT2D eigenvalue weighted by Gasteiger charge is -2.34. The second-order valence-electron chi connectivity index (χ2n) is 6.61. The second-order valence-corrected chi connectivity index (χ2v) is 8.38. The van der Waals surface area contributed by atoms with Gasteiger partial charge in [-0.15, -0.1) is 0 Å². The molecule has 1 aliphatic heterocycles. The van der Waals surface area contributed by atoms with E-state index in [9.17, 15) is 18.0 Å². The standard InChI is InChI=1S/C17H24N2O6S/c1-17(4-6-18-7-5-17)11-19-26(22,23)14-9-12(15(20)24-2)8-13(10-14)16(21)25-3/h8-10,18-19H,4-7,11H2,1-3H3. The Morgan fingerprint density at radius 1 is 1.08 bits per heavy atom. The van der Waals surface area contributed by atoms with E-state index in [1.54, 1.807) is 0 Å². The summed E-state index contributed by atoms with van der Waals surface area (Å²) in [5.41, 5.74) is -0.226. The van der Waals surface area contributed by atoms with Crippen molar-refractivity contribution >= 4 is 22.0 Å².